The van der Waals surface area contributed by atoms with E-state index in [1.807, 2.05) is 54.6 Å². The Hall–Kier alpha value is -3.31. The maximum atomic E-state index is 13.3. The highest BCUT2D eigenvalue weighted by atomic mass is 16.7. The quantitative estimate of drug-likeness (QED) is 0.569. The molecule has 1 heterocycles. The van der Waals surface area contributed by atoms with E-state index in [1.165, 1.54) is 5.56 Å². The summed E-state index contributed by atoms with van der Waals surface area (Å²) in [6.45, 7) is 2.34. The number of hydrogen-bond acceptors (Lipinski definition) is 4. The molecule has 0 aromatic heterocycles. The maximum absolute atomic E-state index is 13.3. The van der Waals surface area contributed by atoms with Crippen molar-refractivity contribution >= 4 is 11.6 Å². The molecule has 0 saturated heterocycles. The van der Waals surface area contributed by atoms with E-state index < -0.39 is 5.41 Å². The summed E-state index contributed by atoms with van der Waals surface area (Å²) in [5.74, 6) is 1.44. The van der Waals surface area contributed by atoms with Gasteiger partial charge in [-0.1, -0.05) is 37.3 Å². The Morgan fingerprint density at radius 2 is 1.90 bits per heavy atom. The highest BCUT2D eigenvalue weighted by Crippen LogP contribution is 2.51. The summed E-state index contributed by atoms with van der Waals surface area (Å²) >= 11 is 0. The number of aliphatic hydroxyl groups excluding tert-OH is 1. The van der Waals surface area contributed by atoms with Crippen LogP contribution in [0.25, 0.3) is 11.1 Å². The fourth-order valence-electron chi connectivity index (χ4n) is 4.29. The van der Waals surface area contributed by atoms with Crippen LogP contribution in [-0.4, -0.2) is 17.8 Å². The van der Waals surface area contributed by atoms with Gasteiger partial charge in [0, 0.05) is 8.54 Å². The number of aryl methyl sites for hydroxylation is 1. The van der Waals surface area contributed by atoms with E-state index in [2.05, 4.69) is 18.3 Å². The molecule has 2 aliphatic rings. The monoisotopic (exact) mass is 419 g/mol. The Morgan fingerprint density at radius 3 is 2.68 bits per heavy atom. The molecule has 0 bridgehead atoms. The van der Waals surface area contributed by atoms with Crippen LogP contribution in [-0.2, 0) is 23.2 Å². The normalized spacial score (nSPS) is 15.5. The second-order valence-electron chi connectivity index (χ2n) is 8.19. The average molecular weight is 420 g/mol. The minimum Gasteiger partial charge on any atom is -0.454 e. The topological polar surface area (TPSA) is 67.8 Å². The lowest BCUT2D eigenvalue weighted by molar-refractivity contribution is -0.118. The molecule has 1 amide bonds. The van der Waals surface area contributed by atoms with Crippen LogP contribution in [0.5, 0.6) is 11.5 Å². The van der Waals surface area contributed by atoms with Crippen molar-refractivity contribution in [3.8, 4) is 22.6 Å². The first kappa shape index (κ1) is 19.6. The van der Waals surface area contributed by atoms with Gasteiger partial charge >= 0.3 is 0 Å². The van der Waals surface area contributed by atoms with Crippen molar-refractivity contribution in [2.45, 2.75) is 38.2 Å². The zero-order valence-corrected chi connectivity index (χ0v) is 17.5. The smallest absolute Gasteiger partial charge is 0.235 e. The Balaban J connectivity index is 0.00000153. The van der Waals surface area contributed by atoms with Crippen molar-refractivity contribution < 1.29 is 22.2 Å². The van der Waals surface area contributed by atoms with Gasteiger partial charge in [-0.2, -0.15) is 0 Å². The van der Waals surface area contributed by atoms with E-state index in [9.17, 15) is 9.90 Å². The first-order valence-electron chi connectivity index (χ1n) is 10.7. The van der Waals surface area contributed by atoms with Gasteiger partial charge in [0.1, 0.15) is 0 Å². The molecular weight excluding hydrogens is 390 g/mol. The fraction of sp³-hybridized carbons (Fsp3) is 0.269. The Labute approximate surface area is 184 Å². The molecule has 1 fully saturated rings. The fourth-order valence-corrected chi connectivity index (χ4v) is 4.29. The SMILES string of the molecule is CCc1ccc(NC(=O)C2(c3ccc4c(c3)OCO4)CC2)cc1-c1cccc(CO)c1.[HH].[HH]. The number of ether oxygens (including phenoxy) is 2. The van der Waals surface area contributed by atoms with Crippen LogP contribution in [0.1, 0.15) is 39.3 Å². The van der Waals surface area contributed by atoms with Gasteiger partial charge in [0.2, 0.25) is 12.7 Å². The van der Waals surface area contributed by atoms with E-state index in [-0.39, 0.29) is 22.2 Å². The van der Waals surface area contributed by atoms with Gasteiger partial charge in [-0.15, -0.1) is 0 Å². The number of carbonyl (C=O) groups excluding carboxylic acids is 1. The summed E-state index contributed by atoms with van der Waals surface area (Å²) in [6, 6.07) is 19.7. The van der Waals surface area contributed by atoms with Gasteiger partial charge in [-0.05, 0) is 77.4 Å². The van der Waals surface area contributed by atoms with Crippen molar-refractivity contribution in [1.29, 1.82) is 0 Å². The van der Waals surface area contributed by atoms with Crippen molar-refractivity contribution in [2.24, 2.45) is 0 Å². The predicted octanol–water partition coefficient (Wildman–Crippen LogP) is 5.30. The standard InChI is InChI=1S/C26H25NO4.2H2/c1-2-18-6-8-21(14-22(18)19-5-3-4-17(12-19)15-28)27-25(29)26(10-11-26)20-7-9-23-24(13-20)31-16-30-23;;/h3-9,12-14,28H,2,10-11,15-16H2,1H3,(H,27,29);2*1H. The molecular formula is C26H29NO4. The first-order valence-corrected chi connectivity index (χ1v) is 10.7. The van der Waals surface area contributed by atoms with E-state index in [1.54, 1.807) is 0 Å². The molecule has 31 heavy (non-hydrogen) atoms. The van der Waals surface area contributed by atoms with Crippen LogP contribution in [0, 0.1) is 0 Å². The summed E-state index contributed by atoms with van der Waals surface area (Å²) in [6.07, 6.45) is 2.52. The van der Waals surface area contributed by atoms with Gasteiger partial charge in [0.25, 0.3) is 0 Å². The third kappa shape index (κ3) is 3.55. The molecule has 162 valence electrons. The molecule has 5 nitrogen and oxygen atoms in total. The zero-order valence-electron chi connectivity index (χ0n) is 17.5. The number of rotatable bonds is 6. The van der Waals surface area contributed by atoms with Crippen molar-refractivity contribution in [3.63, 3.8) is 0 Å². The summed E-state index contributed by atoms with van der Waals surface area (Å²) in [5.41, 5.74) is 5.41. The Kier molecular flexibility index (Phi) is 4.91. The average Bonchev–Trinajstić information content (AvgIpc) is 3.50. The van der Waals surface area contributed by atoms with E-state index in [0.717, 1.165) is 53.0 Å². The van der Waals surface area contributed by atoms with Gasteiger partial charge in [-0.25, -0.2) is 0 Å². The van der Waals surface area contributed by atoms with Crippen molar-refractivity contribution in [2.75, 3.05) is 12.1 Å². The second-order valence-corrected chi connectivity index (χ2v) is 8.19. The number of fused-ring (bicyclic) bond motifs is 1. The van der Waals surface area contributed by atoms with Crippen LogP contribution >= 0.6 is 0 Å². The van der Waals surface area contributed by atoms with Crippen LogP contribution in [0.3, 0.4) is 0 Å². The Morgan fingerprint density at radius 1 is 1.06 bits per heavy atom. The molecule has 5 rings (SSSR count). The third-order valence-electron chi connectivity index (χ3n) is 6.28. The summed E-state index contributed by atoms with van der Waals surface area (Å²) < 4.78 is 10.9. The molecule has 0 spiro atoms. The molecule has 0 atom stereocenters. The number of carbonyl (C=O) groups is 1. The number of nitrogens with one attached hydrogen (secondary N) is 1. The molecule has 1 saturated carbocycles. The molecule has 3 aromatic rings. The molecule has 3 aromatic carbocycles. The van der Waals surface area contributed by atoms with Gasteiger partial charge in [0.05, 0.1) is 12.0 Å². The van der Waals surface area contributed by atoms with Crippen LogP contribution in [0.15, 0.2) is 60.7 Å². The van der Waals surface area contributed by atoms with E-state index in [0.29, 0.717) is 5.75 Å². The number of aliphatic hydroxyl groups is 1. The van der Waals surface area contributed by atoms with Crippen molar-refractivity contribution in [1.82, 2.24) is 0 Å². The number of benzene rings is 3. The first-order chi connectivity index (χ1) is 15.1. The van der Waals surface area contributed by atoms with Crippen molar-refractivity contribution in [3.05, 3.63) is 77.4 Å². The molecule has 0 unspecified atom stereocenters. The molecule has 5 heteroatoms. The minimum absolute atomic E-state index is 0. The number of anilines is 1. The molecule has 0 radical (unpaired) electrons. The summed E-state index contributed by atoms with van der Waals surface area (Å²) in [4.78, 5) is 13.3. The van der Waals surface area contributed by atoms with Gasteiger partial charge in [0.15, 0.2) is 11.5 Å². The third-order valence-corrected chi connectivity index (χ3v) is 6.28. The van der Waals surface area contributed by atoms with E-state index in [4.69, 9.17) is 9.47 Å². The molecule has 2 N–H and O–H groups in total. The van der Waals surface area contributed by atoms with E-state index >= 15 is 0 Å². The molecule has 1 aliphatic carbocycles. The van der Waals surface area contributed by atoms with Crippen LogP contribution < -0.4 is 14.8 Å². The lowest BCUT2D eigenvalue weighted by Gasteiger charge is -2.18. The number of amides is 1. The lowest BCUT2D eigenvalue weighted by atomic mass is 9.93. The summed E-state index contributed by atoms with van der Waals surface area (Å²) in [5, 5.41) is 12.6. The highest BCUT2D eigenvalue weighted by Gasteiger charge is 2.51. The predicted molar refractivity (Wildman–Crippen MR) is 124 cm³/mol. The van der Waals surface area contributed by atoms with Crippen LogP contribution in [0.2, 0.25) is 0 Å². The zero-order chi connectivity index (χ0) is 21.4. The maximum Gasteiger partial charge on any atom is 0.235 e. The second kappa shape index (κ2) is 7.75. The lowest BCUT2D eigenvalue weighted by Crippen LogP contribution is -2.27. The minimum atomic E-state index is -0.513. The van der Waals surface area contributed by atoms with Crippen LogP contribution in [0.4, 0.5) is 5.69 Å². The highest BCUT2D eigenvalue weighted by molar-refractivity contribution is 6.02. The largest absolute Gasteiger partial charge is 0.454 e. The Bertz CT molecular complexity index is 1160. The van der Waals surface area contributed by atoms with Gasteiger partial charge < -0.3 is 19.9 Å². The molecule has 1 aliphatic heterocycles. The number of hydrogen-bond donors (Lipinski definition) is 2. The summed E-state index contributed by atoms with van der Waals surface area (Å²) in [7, 11) is 0. The van der Waals surface area contributed by atoms with Gasteiger partial charge in [-0.3, -0.25) is 4.79 Å².